The molecule has 0 fully saturated rings. The van der Waals surface area contributed by atoms with Crippen LogP contribution >= 0.6 is 0 Å². The topological polar surface area (TPSA) is 196 Å². The molecule has 0 unspecified atom stereocenters. The fraction of sp³-hybridized carbons (Fsp3) is 0.375. The van der Waals surface area contributed by atoms with Crippen molar-refractivity contribution in [1.29, 1.82) is 0 Å². The number of unbranched alkanes of at least 4 members (excludes halogenated alkanes) is 6. The molecule has 0 spiro atoms. The number of carbonyl (C=O) groups is 4. The van der Waals surface area contributed by atoms with Crippen LogP contribution in [-0.2, 0) is 19.5 Å². The van der Waals surface area contributed by atoms with Crippen molar-refractivity contribution in [3.63, 3.8) is 0 Å². The molecule has 0 atom stereocenters. The van der Waals surface area contributed by atoms with Gasteiger partial charge in [-0.2, -0.15) is 0 Å². The number of Topliss-reactive ketones (excluding diaryl/α,β-unsaturated/α-hetero) is 2. The molecule has 2 amide bonds. The second-order valence-electron chi connectivity index (χ2n) is 16.6. The van der Waals surface area contributed by atoms with E-state index in [0.717, 1.165) is 91.5 Å². The number of ketones is 2. The smallest absolute Gasteiger partial charge is 0.251 e. The maximum Gasteiger partial charge on any atom is 0.251 e. The fourth-order valence-electron chi connectivity index (χ4n) is 6.79. The van der Waals surface area contributed by atoms with E-state index in [4.69, 9.17) is 0 Å². The molecule has 0 bridgehead atoms. The summed E-state index contributed by atoms with van der Waals surface area (Å²) in [6, 6.07) is 21.3. The predicted octanol–water partition coefficient (Wildman–Crippen LogP) is 11.5. The van der Waals surface area contributed by atoms with Crippen molar-refractivity contribution in [3.8, 4) is 34.2 Å². The van der Waals surface area contributed by atoms with E-state index >= 15 is 0 Å². The SMILES string of the molecule is C.CCCCCC(=O)c1ccnc(-c2cc(C(=O)NCCCC)ccn2)c1.CCCCCC(=O)c1ccnc(-c2cc(C(=O)NCCCC)ccn2)c1.Cc1ccnc(-c2cc(/C=[N+](/C)[O-])ccn2)c1.[Ru]. The third-order valence-corrected chi connectivity index (χ3v) is 10.7. The Morgan fingerprint density at radius 2 is 0.831 bits per heavy atom. The monoisotopic (exact) mass is 1050 g/mol. The number of hydrogen-bond donors (Lipinski definition) is 2. The summed E-state index contributed by atoms with van der Waals surface area (Å²) in [6.45, 7) is 11.7. The van der Waals surface area contributed by atoms with Crippen molar-refractivity contribution in [1.82, 2.24) is 40.5 Å². The largest absolute Gasteiger partial charge is 0.624 e. The van der Waals surface area contributed by atoms with Crippen LogP contribution < -0.4 is 10.6 Å². The van der Waals surface area contributed by atoms with Crippen LogP contribution in [0.4, 0.5) is 0 Å². The maximum atomic E-state index is 12.3. The minimum atomic E-state index is -0.117. The van der Waals surface area contributed by atoms with Gasteiger partial charge in [-0.25, -0.2) is 4.74 Å². The molecule has 6 aromatic rings. The Morgan fingerprint density at radius 1 is 0.493 bits per heavy atom. The summed E-state index contributed by atoms with van der Waals surface area (Å²) < 4.78 is 0.767. The van der Waals surface area contributed by atoms with Gasteiger partial charge in [-0.1, -0.05) is 73.6 Å². The van der Waals surface area contributed by atoms with Crippen molar-refractivity contribution in [2.24, 2.45) is 0 Å². The molecular weight excluding hydrogens is 980 g/mol. The first kappa shape index (κ1) is 60.4. The Morgan fingerprint density at radius 3 is 1.21 bits per heavy atom. The van der Waals surface area contributed by atoms with Gasteiger partial charge in [0.15, 0.2) is 17.8 Å². The second kappa shape index (κ2) is 33.7. The van der Waals surface area contributed by atoms with Crippen molar-refractivity contribution < 1.29 is 43.4 Å². The number of nitrogens with zero attached hydrogens (tertiary/aromatic N) is 7. The minimum absolute atomic E-state index is 0. The van der Waals surface area contributed by atoms with Gasteiger partial charge in [0.1, 0.15) is 7.05 Å². The first-order chi connectivity index (χ1) is 33.5. The van der Waals surface area contributed by atoms with Crippen LogP contribution in [0, 0.1) is 12.1 Å². The standard InChI is InChI=1S/2C21H27N3O2.C13H13N3O.CH4.Ru/c2*1-3-5-7-8-20(25)16-9-12-22-18(14-16)19-15-17(10-13-23-19)21(26)24-11-6-4-2;1-10-3-5-14-12(7-10)13-8-11(4-6-15-13)9-16(2)17;;/h2*9-10,12-15H,3-8,11H2,1-2H3,(H,24,26);3-9H,1-2H3;1H4;/b;;16-9-;;. The van der Waals surface area contributed by atoms with E-state index in [1.165, 1.54) is 13.3 Å². The Bertz CT molecular complexity index is 2360. The summed E-state index contributed by atoms with van der Waals surface area (Å²) in [5.74, 6) is 0.00826. The molecule has 0 radical (unpaired) electrons. The van der Waals surface area contributed by atoms with E-state index < -0.39 is 0 Å². The van der Waals surface area contributed by atoms with Gasteiger partial charge in [-0.3, -0.25) is 49.1 Å². The number of hydroxylamine groups is 1. The molecule has 378 valence electrons. The first-order valence-corrected chi connectivity index (χ1v) is 24.1. The van der Waals surface area contributed by atoms with Crippen LogP contribution in [0.15, 0.2) is 110 Å². The number of nitrogens with one attached hydrogen (secondary N) is 2. The molecule has 2 N–H and O–H groups in total. The van der Waals surface area contributed by atoms with Gasteiger partial charge in [-0.05, 0) is 111 Å². The number of amides is 2. The minimum Gasteiger partial charge on any atom is -0.624 e. The van der Waals surface area contributed by atoms with Gasteiger partial charge in [-0.15, -0.1) is 0 Å². The number of hydrogen-bond acceptors (Lipinski definition) is 11. The maximum absolute atomic E-state index is 12.3. The van der Waals surface area contributed by atoms with E-state index in [1.54, 1.807) is 91.8 Å². The number of pyridine rings is 6. The van der Waals surface area contributed by atoms with Gasteiger partial charge in [0, 0.05) is 110 Å². The molecule has 15 heteroatoms. The Balaban J connectivity index is 0.000000368. The van der Waals surface area contributed by atoms with Gasteiger partial charge in [0.25, 0.3) is 11.8 Å². The molecule has 6 rings (SSSR count). The van der Waals surface area contributed by atoms with Gasteiger partial charge >= 0.3 is 0 Å². The Hall–Kier alpha value is -6.73. The first-order valence-electron chi connectivity index (χ1n) is 24.1. The van der Waals surface area contributed by atoms with Crippen molar-refractivity contribution in [3.05, 3.63) is 149 Å². The molecule has 0 saturated carbocycles. The van der Waals surface area contributed by atoms with Crippen molar-refractivity contribution in [2.45, 2.75) is 119 Å². The Kier molecular flexibility index (Phi) is 28.7. The van der Waals surface area contributed by atoms with Crippen molar-refractivity contribution in [2.75, 3.05) is 20.1 Å². The van der Waals surface area contributed by atoms with Crippen LogP contribution in [-0.4, -0.2) is 84.4 Å². The molecule has 0 aromatic carbocycles. The quantitative estimate of drug-likeness (QED) is 0.0125. The van der Waals surface area contributed by atoms with Gasteiger partial charge in [0.2, 0.25) is 0 Å². The van der Waals surface area contributed by atoms with Crippen LogP contribution in [0.25, 0.3) is 34.2 Å². The van der Waals surface area contributed by atoms with Crippen LogP contribution in [0.5, 0.6) is 0 Å². The van der Waals surface area contributed by atoms with Crippen molar-refractivity contribution >= 4 is 29.6 Å². The number of carbonyl (C=O) groups excluding carboxylic acids is 4. The van der Waals surface area contributed by atoms with Crippen LogP contribution in [0.2, 0.25) is 0 Å². The van der Waals surface area contributed by atoms with E-state index in [-0.39, 0.29) is 50.3 Å². The van der Waals surface area contributed by atoms with E-state index in [2.05, 4.69) is 68.2 Å². The zero-order chi connectivity index (χ0) is 49.8. The Labute approximate surface area is 433 Å². The number of aromatic nitrogens is 6. The van der Waals surface area contributed by atoms with E-state index in [0.29, 0.717) is 71.0 Å². The molecule has 14 nitrogen and oxygen atoms in total. The number of aryl methyl sites for hydroxylation is 1. The molecule has 6 heterocycles. The average molecular weight is 1050 g/mol. The fourth-order valence-corrected chi connectivity index (χ4v) is 6.79. The average Bonchev–Trinajstić information content (AvgIpc) is 3.37. The van der Waals surface area contributed by atoms with Gasteiger partial charge < -0.3 is 15.8 Å². The van der Waals surface area contributed by atoms with Gasteiger partial charge in [0.05, 0.1) is 34.2 Å². The predicted molar refractivity (Wildman–Crippen MR) is 280 cm³/mol. The summed E-state index contributed by atoms with van der Waals surface area (Å²) in [5.41, 5.74) is 8.31. The molecule has 0 aliphatic heterocycles. The normalized spacial score (nSPS) is 10.5. The molecule has 71 heavy (non-hydrogen) atoms. The van der Waals surface area contributed by atoms with Crippen LogP contribution in [0.3, 0.4) is 0 Å². The summed E-state index contributed by atoms with van der Waals surface area (Å²) in [5, 5.41) is 16.7. The van der Waals surface area contributed by atoms with Crippen LogP contribution in [0.1, 0.15) is 165 Å². The number of rotatable bonds is 22. The van der Waals surface area contributed by atoms with E-state index in [1.807, 2.05) is 25.1 Å². The summed E-state index contributed by atoms with van der Waals surface area (Å²) in [7, 11) is 1.45. The third kappa shape index (κ3) is 21.4. The molecule has 0 aliphatic rings. The molecule has 0 aliphatic carbocycles. The second-order valence-corrected chi connectivity index (χ2v) is 16.6. The third-order valence-electron chi connectivity index (χ3n) is 10.7. The summed E-state index contributed by atoms with van der Waals surface area (Å²) >= 11 is 0. The molecule has 0 saturated heterocycles. The zero-order valence-electron chi connectivity index (χ0n) is 41.4. The summed E-state index contributed by atoms with van der Waals surface area (Å²) in [6.07, 6.45) is 22.5. The molecular formula is C56H71N9O5Ru. The summed E-state index contributed by atoms with van der Waals surface area (Å²) in [4.78, 5) is 74.8. The van der Waals surface area contributed by atoms with E-state index in [9.17, 15) is 24.4 Å². The zero-order valence-corrected chi connectivity index (χ0v) is 43.1. The molecule has 6 aromatic heterocycles.